The van der Waals surface area contributed by atoms with Crippen molar-refractivity contribution >= 4 is 5.78 Å². The molecule has 10 heavy (non-hydrogen) atoms. The van der Waals surface area contributed by atoms with Gasteiger partial charge in [0.25, 0.3) is 0 Å². The molecule has 0 aromatic heterocycles. The predicted octanol–water partition coefficient (Wildman–Crippen LogP) is -0.234. The van der Waals surface area contributed by atoms with E-state index in [-0.39, 0.29) is 5.78 Å². The molecule has 1 heterocycles. The van der Waals surface area contributed by atoms with Crippen LogP contribution < -0.4 is 0 Å². The zero-order valence-corrected chi connectivity index (χ0v) is 6.16. The number of likely N-dealkylation sites (N-methyl/N-ethyl adjacent to an activating group) is 1. The second-order valence-corrected chi connectivity index (χ2v) is 2.87. The van der Waals surface area contributed by atoms with Crippen LogP contribution in [-0.4, -0.2) is 35.0 Å². The molecule has 0 amide bonds. The zero-order chi connectivity index (χ0) is 7.78. The molecule has 3 nitrogen and oxygen atoms in total. The van der Waals surface area contributed by atoms with Crippen molar-refractivity contribution in [1.82, 2.24) is 4.90 Å². The Labute approximate surface area is 59.9 Å². The maximum absolute atomic E-state index is 10.9. The van der Waals surface area contributed by atoms with Crippen molar-refractivity contribution in [2.45, 2.75) is 12.5 Å². The number of aliphatic hydroxyl groups is 1. The smallest absolute Gasteiger partial charge is 0.190 e. The number of rotatable bonds is 0. The molecule has 0 bridgehead atoms. The molecule has 0 aliphatic carbocycles. The Morgan fingerprint density at radius 3 is 2.80 bits per heavy atom. The van der Waals surface area contributed by atoms with Crippen LogP contribution in [0.1, 0.15) is 6.92 Å². The van der Waals surface area contributed by atoms with E-state index in [1.165, 1.54) is 13.0 Å². The van der Waals surface area contributed by atoms with Crippen molar-refractivity contribution in [3.05, 3.63) is 12.3 Å². The van der Waals surface area contributed by atoms with Crippen LogP contribution in [0, 0.1) is 0 Å². The van der Waals surface area contributed by atoms with Crippen LogP contribution in [0.15, 0.2) is 12.3 Å². The largest absolute Gasteiger partial charge is 0.380 e. The molecule has 1 N–H and O–H groups in total. The Balaban J connectivity index is 2.82. The Morgan fingerprint density at radius 2 is 2.40 bits per heavy atom. The van der Waals surface area contributed by atoms with E-state index in [2.05, 4.69) is 0 Å². The fraction of sp³-hybridized carbons (Fsp3) is 0.571. The molecule has 0 saturated carbocycles. The van der Waals surface area contributed by atoms with E-state index in [1.54, 1.807) is 11.1 Å². The second kappa shape index (κ2) is 2.09. The lowest BCUT2D eigenvalue weighted by Crippen LogP contribution is -2.46. The van der Waals surface area contributed by atoms with E-state index in [9.17, 15) is 9.90 Å². The quantitative estimate of drug-likeness (QED) is 0.506. The summed E-state index contributed by atoms with van der Waals surface area (Å²) in [5, 5.41) is 9.37. The summed E-state index contributed by atoms with van der Waals surface area (Å²) in [6, 6.07) is 0. The number of ketones is 1. The SMILES string of the molecule is CN1C=CC(=O)C(C)(O)C1. The lowest BCUT2D eigenvalue weighted by Gasteiger charge is -2.29. The van der Waals surface area contributed by atoms with E-state index < -0.39 is 5.60 Å². The van der Waals surface area contributed by atoms with Crippen molar-refractivity contribution in [2.75, 3.05) is 13.6 Å². The molecule has 0 fully saturated rings. The van der Waals surface area contributed by atoms with Crippen molar-refractivity contribution in [3.8, 4) is 0 Å². The van der Waals surface area contributed by atoms with Gasteiger partial charge in [-0.15, -0.1) is 0 Å². The summed E-state index contributed by atoms with van der Waals surface area (Å²) in [6.45, 7) is 1.90. The van der Waals surface area contributed by atoms with E-state index in [0.29, 0.717) is 6.54 Å². The summed E-state index contributed by atoms with van der Waals surface area (Å²) in [7, 11) is 1.82. The van der Waals surface area contributed by atoms with E-state index in [0.717, 1.165) is 0 Å². The average molecular weight is 141 g/mol. The molecule has 0 saturated heterocycles. The minimum atomic E-state index is -1.19. The molecular weight excluding hydrogens is 130 g/mol. The van der Waals surface area contributed by atoms with Crippen LogP contribution in [0.2, 0.25) is 0 Å². The highest BCUT2D eigenvalue weighted by Gasteiger charge is 2.31. The first-order chi connectivity index (χ1) is 4.52. The molecule has 1 aliphatic rings. The molecule has 1 atom stereocenters. The van der Waals surface area contributed by atoms with Gasteiger partial charge in [-0.05, 0) is 6.92 Å². The summed E-state index contributed by atoms with van der Waals surface area (Å²) in [4.78, 5) is 12.7. The van der Waals surface area contributed by atoms with Gasteiger partial charge in [0.05, 0.1) is 6.54 Å². The fourth-order valence-electron chi connectivity index (χ4n) is 0.991. The van der Waals surface area contributed by atoms with E-state index >= 15 is 0 Å². The van der Waals surface area contributed by atoms with Crippen LogP contribution in [0.3, 0.4) is 0 Å². The summed E-state index contributed by atoms with van der Waals surface area (Å²) in [5.41, 5.74) is -1.19. The molecule has 0 aromatic rings. The highest BCUT2D eigenvalue weighted by molar-refractivity contribution is 5.97. The van der Waals surface area contributed by atoms with Crippen LogP contribution in [0.25, 0.3) is 0 Å². The minimum absolute atomic E-state index is 0.217. The maximum atomic E-state index is 10.9. The summed E-state index contributed by atoms with van der Waals surface area (Å²) >= 11 is 0. The van der Waals surface area contributed by atoms with Gasteiger partial charge in [0.2, 0.25) is 0 Å². The fourth-order valence-corrected chi connectivity index (χ4v) is 0.991. The standard InChI is InChI=1S/C7H11NO2/c1-7(10)5-8(2)4-3-6(7)9/h3-4,10H,5H2,1-2H3. The van der Waals surface area contributed by atoms with Crippen molar-refractivity contribution < 1.29 is 9.90 Å². The zero-order valence-electron chi connectivity index (χ0n) is 6.16. The van der Waals surface area contributed by atoms with Gasteiger partial charge in [0.1, 0.15) is 5.60 Å². The summed E-state index contributed by atoms with van der Waals surface area (Å²) < 4.78 is 0. The van der Waals surface area contributed by atoms with Gasteiger partial charge in [-0.1, -0.05) is 0 Å². The van der Waals surface area contributed by atoms with Crippen LogP contribution in [0.5, 0.6) is 0 Å². The Morgan fingerprint density at radius 1 is 1.80 bits per heavy atom. The molecule has 0 aromatic carbocycles. The van der Waals surface area contributed by atoms with Gasteiger partial charge >= 0.3 is 0 Å². The highest BCUT2D eigenvalue weighted by Crippen LogP contribution is 2.12. The molecule has 1 unspecified atom stereocenters. The number of carbonyl (C=O) groups excluding carboxylic acids is 1. The predicted molar refractivity (Wildman–Crippen MR) is 37.4 cm³/mol. The Bertz CT molecular complexity index is 184. The van der Waals surface area contributed by atoms with Gasteiger partial charge in [-0.3, -0.25) is 4.79 Å². The molecule has 56 valence electrons. The first-order valence-corrected chi connectivity index (χ1v) is 3.17. The van der Waals surface area contributed by atoms with Crippen molar-refractivity contribution in [1.29, 1.82) is 0 Å². The van der Waals surface area contributed by atoms with Gasteiger partial charge in [-0.2, -0.15) is 0 Å². The van der Waals surface area contributed by atoms with Crippen molar-refractivity contribution in [3.63, 3.8) is 0 Å². The molecule has 0 radical (unpaired) electrons. The van der Waals surface area contributed by atoms with Gasteiger partial charge in [0, 0.05) is 19.3 Å². The molecule has 0 spiro atoms. The first-order valence-electron chi connectivity index (χ1n) is 3.17. The Kier molecular flexibility index (Phi) is 1.52. The van der Waals surface area contributed by atoms with Gasteiger partial charge in [0.15, 0.2) is 5.78 Å². The summed E-state index contributed by atoms with van der Waals surface area (Å²) in [6.07, 6.45) is 3.06. The normalized spacial score (nSPS) is 33.1. The van der Waals surface area contributed by atoms with Crippen LogP contribution >= 0.6 is 0 Å². The van der Waals surface area contributed by atoms with E-state index in [4.69, 9.17) is 0 Å². The van der Waals surface area contributed by atoms with E-state index in [1.807, 2.05) is 7.05 Å². The van der Waals surface area contributed by atoms with Crippen molar-refractivity contribution in [2.24, 2.45) is 0 Å². The maximum Gasteiger partial charge on any atom is 0.190 e. The van der Waals surface area contributed by atoms with Crippen LogP contribution in [0.4, 0.5) is 0 Å². The first kappa shape index (κ1) is 7.28. The third-order valence-electron chi connectivity index (χ3n) is 1.57. The molecule has 1 rings (SSSR count). The monoisotopic (exact) mass is 141 g/mol. The van der Waals surface area contributed by atoms with Gasteiger partial charge in [-0.25, -0.2) is 0 Å². The number of β-amino-alcohol motifs (C(OH)–C–C–N with tert-alkyl or cyclic N) is 1. The lowest BCUT2D eigenvalue weighted by atomic mass is 9.98. The topological polar surface area (TPSA) is 40.5 Å². The number of hydrogen-bond acceptors (Lipinski definition) is 3. The third kappa shape index (κ3) is 1.19. The minimum Gasteiger partial charge on any atom is -0.380 e. The third-order valence-corrected chi connectivity index (χ3v) is 1.57. The number of carbonyl (C=O) groups is 1. The average Bonchev–Trinajstić information content (AvgIpc) is 1.78. The van der Waals surface area contributed by atoms with Crippen LogP contribution in [-0.2, 0) is 4.79 Å². The molecule has 3 heteroatoms. The molecular formula is C7H11NO2. The Hall–Kier alpha value is -0.830. The highest BCUT2D eigenvalue weighted by atomic mass is 16.3. The second-order valence-electron chi connectivity index (χ2n) is 2.87. The summed E-state index contributed by atoms with van der Waals surface area (Å²) in [5.74, 6) is -0.217. The number of nitrogens with zero attached hydrogens (tertiary/aromatic N) is 1. The number of hydrogen-bond donors (Lipinski definition) is 1. The lowest BCUT2D eigenvalue weighted by molar-refractivity contribution is -0.132. The molecule has 1 aliphatic heterocycles. The van der Waals surface area contributed by atoms with Gasteiger partial charge < -0.3 is 10.0 Å².